The van der Waals surface area contributed by atoms with Crippen molar-refractivity contribution in [3.05, 3.63) is 18.2 Å². The quantitative estimate of drug-likeness (QED) is 0.695. The molecule has 1 atom stereocenters. The molecule has 0 aromatic carbocycles. The van der Waals surface area contributed by atoms with E-state index in [0.29, 0.717) is 6.42 Å². The molecule has 4 heteroatoms. The lowest BCUT2D eigenvalue weighted by Crippen LogP contribution is -2.15. The van der Waals surface area contributed by atoms with E-state index < -0.39 is 0 Å². The molecule has 12 heavy (non-hydrogen) atoms. The highest BCUT2D eigenvalue weighted by Gasteiger charge is 2.12. The summed E-state index contributed by atoms with van der Waals surface area (Å²) in [5, 5.41) is 0. The van der Waals surface area contributed by atoms with E-state index in [1.807, 2.05) is 6.92 Å². The summed E-state index contributed by atoms with van der Waals surface area (Å²) in [6, 6.07) is 0. The lowest BCUT2D eigenvalue weighted by molar-refractivity contribution is -0.118. The molecule has 1 aromatic heterocycles. The van der Waals surface area contributed by atoms with Crippen LogP contribution in [-0.4, -0.2) is 15.9 Å². The molecular weight excluding hydrogens is 154 g/mol. The summed E-state index contributed by atoms with van der Waals surface area (Å²) >= 11 is 0. The predicted octanol–water partition coefficient (Wildman–Crippen LogP) is 0.779. The molecule has 0 bridgehead atoms. The van der Waals surface area contributed by atoms with Gasteiger partial charge >= 0.3 is 0 Å². The Morgan fingerprint density at radius 1 is 1.83 bits per heavy atom. The van der Waals surface area contributed by atoms with Gasteiger partial charge in [0.25, 0.3) is 0 Å². The monoisotopic (exact) mass is 167 g/mol. The maximum atomic E-state index is 10.7. The number of primary amides is 1. The molecule has 0 aliphatic carbocycles. The van der Waals surface area contributed by atoms with Crippen LogP contribution in [0.1, 0.15) is 31.4 Å². The molecule has 66 valence electrons. The highest BCUT2D eigenvalue weighted by Crippen LogP contribution is 2.19. The number of amides is 1. The van der Waals surface area contributed by atoms with Crippen molar-refractivity contribution in [3.8, 4) is 0 Å². The van der Waals surface area contributed by atoms with Crippen molar-refractivity contribution in [3.63, 3.8) is 0 Å². The number of carbonyl (C=O) groups excluding carboxylic acids is 1. The Kier molecular flexibility index (Phi) is 2.85. The fourth-order valence-electron chi connectivity index (χ4n) is 1.21. The molecule has 1 amide bonds. The number of nitrogens with zero attached hydrogens (tertiary/aromatic N) is 1. The fraction of sp³-hybridized carbons (Fsp3) is 0.500. The average molecular weight is 167 g/mol. The van der Waals surface area contributed by atoms with E-state index in [1.165, 1.54) is 0 Å². The van der Waals surface area contributed by atoms with Gasteiger partial charge in [0.05, 0.1) is 6.33 Å². The number of aromatic nitrogens is 2. The number of aromatic amines is 1. The SMILES string of the molecule is CCC(CC(N)=O)c1cnc[nH]1. The van der Waals surface area contributed by atoms with E-state index in [0.717, 1.165) is 12.1 Å². The fourth-order valence-corrected chi connectivity index (χ4v) is 1.21. The van der Waals surface area contributed by atoms with Crippen molar-refractivity contribution < 1.29 is 4.79 Å². The van der Waals surface area contributed by atoms with Gasteiger partial charge in [-0.1, -0.05) is 6.92 Å². The molecule has 0 spiro atoms. The highest BCUT2D eigenvalue weighted by atomic mass is 16.1. The second kappa shape index (κ2) is 3.90. The van der Waals surface area contributed by atoms with Gasteiger partial charge in [-0.25, -0.2) is 4.98 Å². The van der Waals surface area contributed by atoms with Crippen molar-refractivity contribution >= 4 is 5.91 Å². The Labute approximate surface area is 71.2 Å². The molecule has 0 saturated carbocycles. The third kappa shape index (κ3) is 2.08. The van der Waals surface area contributed by atoms with Crippen LogP contribution in [0.15, 0.2) is 12.5 Å². The average Bonchev–Trinajstić information content (AvgIpc) is 2.51. The molecule has 1 aromatic rings. The Morgan fingerprint density at radius 3 is 3.00 bits per heavy atom. The van der Waals surface area contributed by atoms with Gasteiger partial charge in [-0.15, -0.1) is 0 Å². The second-order valence-electron chi connectivity index (χ2n) is 2.78. The number of rotatable bonds is 4. The van der Waals surface area contributed by atoms with E-state index >= 15 is 0 Å². The zero-order chi connectivity index (χ0) is 8.97. The Morgan fingerprint density at radius 2 is 2.58 bits per heavy atom. The van der Waals surface area contributed by atoms with Crippen LogP contribution in [0.25, 0.3) is 0 Å². The van der Waals surface area contributed by atoms with Gasteiger partial charge in [-0.05, 0) is 6.42 Å². The number of hydrogen-bond acceptors (Lipinski definition) is 2. The summed E-state index contributed by atoms with van der Waals surface area (Å²) in [6.45, 7) is 2.02. The first-order valence-electron chi connectivity index (χ1n) is 4.00. The van der Waals surface area contributed by atoms with Crippen LogP contribution in [0.4, 0.5) is 0 Å². The van der Waals surface area contributed by atoms with Gasteiger partial charge in [-0.3, -0.25) is 4.79 Å². The van der Waals surface area contributed by atoms with Crippen molar-refractivity contribution in [1.82, 2.24) is 9.97 Å². The van der Waals surface area contributed by atoms with Crippen LogP contribution < -0.4 is 5.73 Å². The van der Waals surface area contributed by atoms with Gasteiger partial charge in [0.1, 0.15) is 0 Å². The van der Waals surface area contributed by atoms with Crippen molar-refractivity contribution in [2.24, 2.45) is 5.73 Å². The van der Waals surface area contributed by atoms with Crippen LogP contribution in [0.2, 0.25) is 0 Å². The topological polar surface area (TPSA) is 71.8 Å². The third-order valence-electron chi connectivity index (χ3n) is 1.90. The maximum absolute atomic E-state index is 10.7. The summed E-state index contributed by atoms with van der Waals surface area (Å²) < 4.78 is 0. The Bertz CT molecular complexity index is 243. The van der Waals surface area contributed by atoms with E-state index in [-0.39, 0.29) is 11.8 Å². The summed E-state index contributed by atoms with van der Waals surface area (Å²) in [6.07, 6.45) is 4.62. The molecule has 0 radical (unpaired) electrons. The highest BCUT2D eigenvalue weighted by molar-refractivity contribution is 5.74. The van der Waals surface area contributed by atoms with Crippen molar-refractivity contribution in [1.29, 1.82) is 0 Å². The Balaban J connectivity index is 2.63. The summed E-state index contributed by atoms with van der Waals surface area (Å²) in [5.41, 5.74) is 6.08. The van der Waals surface area contributed by atoms with Crippen LogP contribution in [-0.2, 0) is 4.79 Å². The summed E-state index contributed by atoms with van der Waals surface area (Å²) in [7, 11) is 0. The lowest BCUT2D eigenvalue weighted by Gasteiger charge is -2.09. The van der Waals surface area contributed by atoms with E-state index in [9.17, 15) is 4.79 Å². The summed E-state index contributed by atoms with van der Waals surface area (Å²) in [5.74, 6) is -0.0820. The molecular formula is C8H13N3O. The molecule has 1 unspecified atom stereocenters. The minimum Gasteiger partial charge on any atom is -0.370 e. The first-order chi connectivity index (χ1) is 5.74. The van der Waals surface area contributed by atoms with Crippen molar-refractivity contribution in [2.45, 2.75) is 25.7 Å². The molecule has 0 aliphatic rings. The molecule has 4 nitrogen and oxygen atoms in total. The number of imidazole rings is 1. The molecule has 1 heterocycles. The minimum absolute atomic E-state index is 0.185. The Hall–Kier alpha value is -1.32. The molecule has 0 fully saturated rings. The van der Waals surface area contributed by atoms with Crippen LogP contribution >= 0.6 is 0 Å². The molecule has 1 rings (SSSR count). The first-order valence-corrected chi connectivity index (χ1v) is 4.00. The number of carbonyl (C=O) groups is 1. The standard InChI is InChI=1S/C8H13N3O/c1-2-6(3-8(9)12)7-4-10-5-11-7/h4-6H,2-3H2,1H3,(H2,9,12)(H,10,11). The van der Waals surface area contributed by atoms with Gasteiger partial charge < -0.3 is 10.7 Å². The smallest absolute Gasteiger partial charge is 0.218 e. The van der Waals surface area contributed by atoms with E-state index in [2.05, 4.69) is 9.97 Å². The molecule has 3 N–H and O–H groups in total. The third-order valence-corrected chi connectivity index (χ3v) is 1.90. The molecule has 0 saturated heterocycles. The van der Waals surface area contributed by atoms with Gasteiger partial charge in [-0.2, -0.15) is 0 Å². The maximum Gasteiger partial charge on any atom is 0.218 e. The number of nitrogens with one attached hydrogen (secondary N) is 1. The van der Waals surface area contributed by atoms with Gasteiger partial charge in [0.15, 0.2) is 0 Å². The van der Waals surface area contributed by atoms with Gasteiger partial charge in [0.2, 0.25) is 5.91 Å². The van der Waals surface area contributed by atoms with Crippen LogP contribution in [0.5, 0.6) is 0 Å². The first kappa shape index (κ1) is 8.77. The normalized spacial score (nSPS) is 12.8. The van der Waals surface area contributed by atoms with Crippen LogP contribution in [0, 0.1) is 0 Å². The van der Waals surface area contributed by atoms with Gasteiger partial charge in [0, 0.05) is 24.2 Å². The van der Waals surface area contributed by atoms with E-state index in [1.54, 1.807) is 12.5 Å². The summed E-state index contributed by atoms with van der Waals surface area (Å²) in [4.78, 5) is 17.5. The largest absolute Gasteiger partial charge is 0.370 e. The zero-order valence-electron chi connectivity index (χ0n) is 7.08. The minimum atomic E-state index is -0.267. The number of H-pyrrole nitrogens is 1. The number of hydrogen-bond donors (Lipinski definition) is 2. The lowest BCUT2D eigenvalue weighted by atomic mass is 9.99. The van der Waals surface area contributed by atoms with Crippen molar-refractivity contribution in [2.75, 3.05) is 0 Å². The van der Waals surface area contributed by atoms with E-state index in [4.69, 9.17) is 5.73 Å². The van der Waals surface area contributed by atoms with Crippen LogP contribution in [0.3, 0.4) is 0 Å². The molecule has 0 aliphatic heterocycles. The number of nitrogens with two attached hydrogens (primary N) is 1. The second-order valence-corrected chi connectivity index (χ2v) is 2.78. The predicted molar refractivity (Wildman–Crippen MR) is 45.4 cm³/mol. The zero-order valence-corrected chi connectivity index (χ0v) is 7.08.